The van der Waals surface area contributed by atoms with Gasteiger partial charge in [0.1, 0.15) is 12.4 Å². The maximum atomic E-state index is 13.0. The van der Waals surface area contributed by atoms with Crippen LogP contribution in [0.4, 0.5) is 20.3 Å². The summed E-state index contributed by atoms with van der Waals surface area (Å²) in [5.41, 5.74) is 1.55. The minimum atomic E-state index is -2.65. The molecule has 0 unspecified atom stereocenters. The summed E-state index contributed by atoms with van der Waals surface area (Å²) in [7, 11) is 0. The maximum Gasteiger partial charge on any atom is 0.298 e. The number of anilines is 2. The Bertz CT molecular complexity index is 1260. The molecule has 0 spiro atoms. The zero-order valence-corrected chi connectivity index (χ0v) is 17.8. The molecule has 0 bridgehead atoms. The molecule has 2 heterocycles. The molecule has 2 aromatic heterocycles. The number of tetrazole rings is 1. The highest BCUT2D eigenvalue weighted by Crippen LogP contribution is 2.30. The molecule has 33 heavy (non-hydrogen) atoms. The van der Waals surface area contributed by atoms with Crippen molar-refractivity contribution in [2.75, 3.05) is 11.9 Å². The van der Waals surface area contributed by atoms with Gasteiger partial charge in [-0.1, -0.05) is 28.9 Å². The Hall–Kier alpha value is -3.86. The van der Waals surface area contributed by atoms with Gasteiger partial charge in [0.25, 0.3) is 12.0 Å². The van der Waals surface area contributed by atoms with Crippen LogP contribution in [0.1, 0.15) is 11.4 Å². The first-order chi connectivity index (χ1) is 16.0. The molecule has 2 N–H and O–H groups in total. The standard InChI is InChI=1S/C21H18ClF2N7O2/c22-14-4-7-16(17(11-14)33-12-18(23)24)26-20-21(32)31(10-9-25-20)15-5-1-13(2-6-15)3-8-19-27-29-30-28-19/h1-2,4-7,9-11,18H,3,8,12H2,(H,25,26)(H,27,28,29,30). The second kappa shape index (κ2) is 10.2. The van der Waals surface area contributed by atoms with Crippen molar-refractivity contribution in [2.24, 2.45) is 0 Å². The minimum Gasteiger partial charge on any atom is -0.485 e. The predicted octanol–water partition coefficient (Wildman–Crippen LogP) is 3.57. The van der Waals surface area contributed by atoms with Crippen LogP contribution in [0.2, 0.25) is 5.02 Å². The van der Waals surface area contributed by atoms with Gasteiger partial charge in [0.15, 0.2) is 11.6 Å². The van der Waals surface area contributed by atoms with Crippen LogP contribution in [-0.4, -0.2) is 43.2 Å². The first-order valence-electron chi connectivity index (χ1n) is 9.86. The number of benzene rings is 2. The van der Waals surface area contributed by atoms with Gasteiger partial charge in [-0.15, -0.1) is 10.2 Å². The lowest BCUT2D eigenvalue weighted by molar-refractivity contribution is 0.0823. The van der Waals surface area contributed by atoms with E-state index in [4.69, 9.17) is 16.3 Å². The third kappa shape index (κ3) is 5.69. The van der Waals surface area contributed by atoms with Gasteiger partial charge in [-0.2, -0.15) is 5.21 Å². The topological polar surface area (TPSA) is 111 Å². The van der Waals surface area contributed by atoms with Crippen LogP contribution in [0.15, 0.2) is 59.7 Å². The molecule has 0 aliphatic carbocycles. The highest BCUT2D eigenvalue weighted by molar-refractivity contribution is 6.30. The molecule has 0 radical (unpaired) electrons. The van der Waals surface area contributed by atoms with Gasteiger partial charge < -0.3 is 10.1 Å². The fraction of sp³-hybridized carbons (Fsp3) is 0.190. The number of halogens is 3. The quantitative estimate of drug-likeness (QED) is 0.382. The van der Waals surface area contributed by atoms with Crippen LogP contribution in [0.3, 0.4) is 0 Å². The van der Waals surface area contributed by atoms with Crippen molar-refractivity contribution >= 4 is 23.1 Å². The summed E-state index contributed by atoms with van der Waals surface area (Å²) in [5, 5.41) is 17.0. The molecule has 0 aliphatic rings. The number of aromatic nitrogens is 6. The van der Waals surface area contributed by atoms with E-state index in [1.807, 2.05) is 24.3 Å². The Balaban J connectivity index is 1.53. The molecule has 0 amide bonds. The highest BCUT2D eigenvalue weighted by atomic mass is 35.5. The molecule has 0 atom stereocenters. The van der Waals surface area contributed by atoms with Gasteiger partial charge >= 0.3 is 0 Å². The number of aryl methyl sites for hydroxylation is 2. The molecular weight excluding hydrogens is 456 g/mol. The Kier molecular flexibility index (Phi) is 6.89. The molecule has 0 saturated carbocycles. The van der Waals surface area contributed by atoms with Crippen LogP contribution in [-0.2, 0) is 12.8 Å². The third-order valence-electron chi connectivity index (χ3n) is 4.64. The number of rotatable bonds is 9. The lowest BCUT2D eigenvalue weighted by atomic mass is 10.1. The van der Waals surface area contributed by atoms with Crippen molar-refractivity contribution in [1.82, 2.24) is 30.2 Å². The van der Waals surface area contributed by atoms with Crippen LogP contribution in [0.5, 0.6) is 5.75 Å². The van der Waals surface area contributed by atoms with Gasteiger partial charge in [0.2, 0.25) is 0 Å². The van der Waals surface area contributed by atoms with E-state index < -0.39 is 18.6 Å². The summed E-state index contributed by atoms with van der Waals surface area (Å²) in [4.78, 5) is 17.1. The van der Waals surface area contributed by atoms with E-state index in [-0.39, 0.29) is 11.6 Å². The first-order valence-corrected chi connectivity index (χ1v) is 10.2. The average Bonchev–Trinajstić information content (AvgIpc) is 3.33. The van der Waals surface area contributed by atoms with E-state index >= 15 is 0 Å². The lowest BCUT2D eigenvalue weighted by Crippen LogP contribution is -2.22. The number of nitrogens with one attached hydrogen (secondary N) is 2. The van der Waals surface area contributed by atoms with E-state index in [0.717, 1.165) is 12.0 Å². The van der Waals surface area contributed by atoms with E-state index in [1.165, 1.54) is 29.1 Å². The van der Waals surface area contributed by atoms with Crippen LogP contribution >= 0.6 is 11.6 Å². The van der Waals surface area contributed by atoms with E-state index in [9.17, 15) is 13.6 Å². The number of aromatic amines is 1. The predicted molar refractivity (Wildman–Crippen MR) is 118 cm³/mol. The van der Waals surface area contributed by atoms with Crippen LogP contribution < -0.4 is 15.6 Å². The fourth-order valence-electron chi connectivity index (χ4n) is 3.07. The van der Waals surface area contributed by atoms with Gasteiger partial charge in [-0.25, -0.2) is 13.8 Å². The third-order valence-corrected chi connectivity index (χ3v) is 4.88. The SMILES string of the molecule is O=c1c(Nc2ccc(Cl)cc2OCC(F)F)nccn1-c1ccc(CCc2nn[nH]n2)cc1. The van der Waals surface area contributed by atoms with Crippen molar-refractivity contribution in [1.29, 1.82) is 0 Å². The molecule has 170 valence electrons. The molecule has 12 heteroatoms. The Morgan fingerprint density at radius 3 is 2.70 bits per heavy atom. The largest absolute Gasteiger partial charge is 0.485 e. The Labute approximate surface area is 191 Å². The summed E-state index contributed by atoms with van der Waals surface area (Å²) < 4.78 is 31.7. The Morgan fingerprint density at radius 2 is 1.97 bits per heavy atom. The Morgan fingerprint density at radius 1 is 1.15 bits per heavy atom. The summed E-state index contributed by atoms with van der Waals surface area (Å²) in [6.45, 7) is -0.805. The molecule has 9 nitrogen and oxygen atoms in total. The molecule has 4 rings (SSSR count). The average molecular weight is 474 g/mol. The van der Waals surface area contributed by atoms with E-state index in [2.05, 4.69) is 30.9 Å². The smallest absolute Gasteiger partial charge is 0.298 e. The lowest BCUT2D eigenvalue weighted by Gasteiger charge is -2.14. The summed E-state index contributed by atoms with van der Waals surface area (Å²) in [5.74, 6) is 0.715. The number of nitrogens with zero attached hydrogens (tertiary/aromatic N) is 5. The zero-order valence-electron chi connectivity index (χ0n) is 17.1. The summed E-state index contributed by atoms with van der Waals surface area (Å²) in [6.07, 6.45) is 1.70. The second-order valence-electron chi connectivity index (χ2n) is 6.91. The molecule has 0 fully saturated rings. The molecule has 2 aromatic carbocycles. The van der Waals surface area contributed by atoms with E-state index in [1.54, 1.807) is 6.07 Å². The van der Waals surface area contributed by atoms with Crippen molar-refractivity contribution in [2.45, 2.75) is 19.3 Å². The number of hydrogen-bond acceptors (Lipinski definition) is 7. The summed E-state index contributed by atoms with van der Waals surface area (Å²) >= 11 is 5.95. The second-order valence-corrected chi connectivity index (χ2v) is 7.35. The van der Waals surface area contributed by atoms with Crippen molar-refractivity contribution in [3.63, 3.8) is 0 Å². The zero-order chi connectivity index (χ0) is 23.2. The van der Waals surface area contributed by atoms with Crippen molar-refractivity contribution in [3.8, 4) is 11.4 Å². The number of ether oxygens (including phenoxy) is 1. The van der Waals surface area contributed by atoms with Gasteiger partial charge in [-0.3, -0.25) is 9.36 Å². The number of alkyl halides is 2. The first kappa shape index (κ1) is 22.3. The van der Waals surface area contributed by atoms with Crippen LogP contribution in [0.25, 0.3) is 5.69 Å². The van der Waals surface area contributed by atoms with E-state index in [0.29, 0.717) is 28.6 Å². The fourth-order valence-corrected chi connectivity index (χ4v) is 3.23. The number of H-pyrrole nitrogens is 1. The highest BCUT2D eigenvalue weighted by Gasteiger charge is 2.13. The van der Waals surface area contributed by atoms with Crippen LogP contribution in [0, 0.1) is 0 Å². The maximum absolute atomic E-state index is 13.0. The normalized spacial score (nSPS) is 11.0. The van der Waals surface area contributed by atoms with Gasteiger partial charge in [-0.05, 0) is 36.2 Å². The number of hydrogen-bond donors (Lipinski definition) is 2. The molecule has 0 aliphatic heterocycles. The van der Waals surface area contributed by atoms with Gasteiger partial charge in [0, 0.05) is 35.6 Å². The molecular formula is C21H18ClF2N7O2. The van der Waals surface area contributed by atoms with Crippen molar-refractivity contribution < 1.29 is 13.5 Å². The molecule has 0 saturated heterocycles. The monoisotopic (exact) mass is 473 g/mol. The van der Waals surface area contributed by atoms with Crippen molar-refractivity contribution in [3.05, 3.63) is 81.6 Å². The minimum absolute atomic E-state index is 0.00269. The summed E-state index contributed by atoms with van der Waals surface area (Å²) in [6, 6.07) is 11.9. The molecule has 4 aromatic rings. The van der Waals surface area contributed by atoms with Gasteiger partial charge in [0.05, 0.1) is 5.69 Å².